The van der Waals surface area contributed by atoms with Crippen LogP contribution in [0.3, 0.4) is 0 Å². The molecule has 1 heterocycles. The van der Waals surface area contributed by atoms with Crippen molar-refractivity contribution in [1.82, 2.24) is 10.6 Å². The van der Waals surface area contributed by atoms with Crippen molar-refractivity contribution in [3.05, 3.63) is 35.6 Å². The van der Waals surface area contributed by atoms with Crippen LogP contribution < -0.4 is 10.6 Å². The van der Waals surface area contributed by atoms with Crippen molar-refractivity contribution < 1.29 is 9.18 Å². The Kier molecular flexibility index (Phi) is 4.31. The molecule has 1 unspecified atom stereocenters. The van der Waals surface area contributed by atoms with Gasteiger partial charge in [0.25, 0.3) is 0 Å². The van der Waals surface area contributed by atoms with Crippen molar-refractivity contribution in [2.75, 3.05) is 6.54 Å². The van der Waals surface area contributed by atoms with Crippen molar-refractivity contribution in [1.29, 1.82) is 0 Å². The van der Waals surface area contributed by atoms with Crippen molar-refractivity contribution in [2.45, 2.75) is 38.3 Å². The van der Waals surface area contributed by atoms with Crippen LogP contribution in [0.4, 0.5) is 4.39 Å². The minimum Gasteiger partial charge on any atom is -0.355 e. The SMILES string of the molecule is C[C@H](NC1CCCCNC1=O)c1cccc(F)c1. The van der Waals surface area contributed by atoms with Gasteiger partial charge >= 0.3 is 0 Å². The second-order valence-corrected chi connectivity index (χ2v) is 4.78. The van der Waals surface area contributed by atoms with Crippen LogP contribution in [0.2, 0.25) is 0 Å². The van der Waals surface area contributed by atoms with Gasteiger partial charge < -0.3 is 5.32 Å². The number of carbonyl (C=O) groups is 1. The molecule has 2 atom stereocenters. The quantitative estimate of drug-likeness (QED) is 0.863. The molecule has 1 amide bonds. The van der Waals surface area contributed by atoms with Crippen LogP contribution >= 0.6 is 0 Å². The van der Waals surface area contributed by atoms with E-state index in [1.54, 1.807) is 6.07 Å². The lowest BCUT2D eigenvalue weighted by molar-refractivity contribution is -0.123. The molecule has 1 aliphatic heterocycles. The minimum absolute atomic E-state index is 0.0328. The maximum absolute atomic E-state index is 13.1. The van der Waals surface area contributed by atoms with Crippen LogP contribution in [0.15, 0.2) is 24.3 Å². The second-order valence-electron chi connectivity index (χ2n) is 4.78. The van der Waals surface area contributed by atoms with Gasteiger partial charge in [-0.05, 0) is 43.9 Å². The standard InChI is InChI=1S/C14H19FN2O/c1-10(11-5-4-6-12(15)9-11)17-13-7-2-3-8-16-14(13)18/h4-6,9-10,13,17H,2-3,7-8H2,1H3,(H,16,18)/t10-,13?/m0/s1. The smallest absolute Gasteiger partial charge is 0.237 e. The zero-order chi connectivity index (χ0) is 13.0. The van der Waals surface area contributed by atoms with E-state index in [-0.39, 0.29) is 23.8 Å². The Balaban J connectivity index is 2.01. The lowest BCUT2D eigenvalue weighted by atomic mass is 10.1. The third-order valence-corrected chi connectivity index (χ3v) is 3.34. The normalized spacial score (nSPS) is 22.1. The van der Waals surface area contributed by atoms with E-state index >= 15 is 0 Å². The monoisotopic (exact) mass is 250 g/mol. The van der Waals surface area contributed by atoms with Gasteiger partial charge in [0.05, 0.1) is 6.04 Å². The molecule has 1 aromatic carbocycles. The van der Waals surface area contributed by atoms with E-state index in [0.717, 1.165) is 31.4 Å². The van der Waals surface area contributed by atoms with Gasteiger partial charge in [0.1, 0.15) is 5.82 Å². The molecule has 2 N–H and O–H groups in total. The molecular formula is C14H19FN2O. The zero-order valence-electron chi connectivity index (χ0n) is 10.6. The summed E-state index contributed by atoms with van der Waals surface area (Å²) in [7, 11) is 0. The molecule has 1 aromatic rings. The second kappa shape index (κ2) is 5.96. The molecule has 3 nitrogen and oxygen atoms in total. The maximum atomic E-state index is 13.1. The highest BCUT2D eigenvalue weighted by Gasteiger charge is 2.22. The van der Waals surface area contributed by atoms with Crippen LogP contribution in [0.25, 0.3) is 0 Å². The molecule has 1 fully saturated rings. The first-order valence-electron chi connectivity index (χ1n) is 6.46. The fourth-order valence-corrected chi connectivity index (χ4v) is 2.27. The largest absolute Gasteiger partial charge is 0.355 e. The highest BCUT2D eigenvalue weighted by Crippen LogP contribution is 2.16. The first-order valence-corrected chi connectivity index (χ1v) is 6.46. The molecule has 4 heteroatoms. The molecule has 1 aliphatic rings. The minimum atomic E-state index is -0.244. The summed E-state index contributed by atoms with van der Waals surface area (Å²) in [6.45, 7) is 2.71. The Morgan fingerprint density at radius 2 is 2.28 bits per heavy atom. The Hall–Kier alpha value is -1.42. The van der Waals surface area contributed by atoms with Gasteiger partial charge in [-0.25, -0.2) is 4.39 Å². The third-order valence-electron chi connectivity index (χ3n) is 3.34. The summed E-state index contributed by atoms with van der Waals surface area (Å²) >= 11 is 0. The van der Waals surface area contributed by atoms with Crippen LogP contribution in [0.1, 0.15) is 37.8 Å². The number of nitrogens with one attached hydrogen (secondary N) is 2. The van der Waals surface area contributed by atoms with Gasteiger partial charge in [0.2, 0.25) is 5.91 Å². The highest BCUT2D eigenvalue weighted by atomic mass is 19.1. The number of benzene rings is 1. The van der Waals surface area contributed by atoms with E-state index < -0.39 is 0 Å². The number of carbonyl (C=O) groups excluding carboxylic acids is 1. The van der Waals surface area contributed by atoms with E-state index in [4.69, 9.17) is 0 Å². The predicted octanol–water partition coefficient (Wildman–Crippen LogP) is 2.14. The molecule has 18 heavy (non-hydrogen) atoms. The van der Waals surface area contributed by atoms with Crippen molar-refractivity contribution in [3.8, 4) is 0 Å². The maximum Gasteiger partial charge on any atom is 0.237 e. The fourth-order valence-electron chi connectivity index (χ4n) is 2.27. The van der Waals surface area contributed by atoms with Crippen LogP contribution in [-0.4, -0.2) is 18.5 Å². The summed E-state index contributed by atoms with van der Waals surface area (Å²) in [6.07, 6.45) is 2.90. The number of hydrogen-bond acceptors (Lipinski definition) is 2. The van der Waals surface area contributed by atoms with Crippen LogP contribution in [-0.2, 0) is 4.79 Å². The average Bonchev–Trinajstić information content (AvgIpc) is 2.55. The van der Waals surface area contributed by atoms with E-state index in [9.17, 15) is 9.18 Å². The summed E-state index contributed by atoms with van der Waals surface area (Å²) in [4.78, 5) is 11.8. The molecule has 0 aliphatic carbocycles. The molecular weight excluding hydrogens is 231 g/mol. The van der Waals surface area contributed by atoms with Crippen molar-refractivity contribution >= 4 is 5.91 Å². The summed E-state index contributed by atoms with van der Waals surface area (Å²) < 4.78 is 13.1. The van der Waals surface area contributed by atoms with E-state index in [1.807, 2.05) is 13.0 Å². The summed E-state index contributed by atoms with van der Waals surface area (Å²) in [5.74, 6) is -0.192. The van der Waals surface area contributed by atoms with Crippen molar-refractivity contribution in [2.24, 2.45) is 0 Å². The van der Waals surface area contributed by atoms with Crippen molar-refractivity contribution in [3.63, 3.8) is 0 Å². The number of hydrogen-bond donors (Lipinski definition) is 2. The average molecular weight is 250 g/mol. The summed E-state index contributed by atoms with van der Waals surface area (Å²) in [5.41, 5.74) is 0.868. The molecule has 1 saturated heterocycles. The van der Waals surface area contributed by atoms with Gasteiger partial charge in [-0.1, -0.05) is 12.1 Å². The van der Waals surface area contributed by atoms with Crippen LogP contribution in [0.5, 0.6) is 0 Å². The molecule has 0 saturated carbocycles. The topological polar surface area (TPSA) is 41.1 Å². The molecule has 2 rings (SSSR count). The Morgan fingerprint density at radius 3 is 3.06 bits per heavy atom. The number of halogens is 1. The Morgan fingerprint density at radius 1 is 1.44 bits per heavy atom. The number of rotatable bonds is 3. The molecule has 0 bridgehead atoms. The summed E-state index contributed by atoms with van der Waals surface area (Å²) in [5, 5.41) is 6.16. The van der Waals surface area contributed by atoms with E-state index in [2.05, 4.69) is 10.6 Å². The molecule has 0 radical (unpaired) electrons. The van der Waals surface area contributed by atoms with Gasteiger partial charge in [0, 0.05) is 12.6 Å². The fraction of sp³-hybridized carbons (Fsp3) is 0.500. The molecule has 0 spiro atoms. The highest BCUT2D eigenvalue weighted by molar-refractivity contribution is 5.81. The first-order chi connectivity index (χ1) is 8.66. The van der Waals surface area contributed by atoms with E-state index in [1.165, 1.54) is 12.1 Å². The lowest BCUT2D eigenvalue weighted by Crippen LogP contribution is -2.43. The van der Waals surface area contributed by atoms with E-state index in [0.29, 0.717) is 0 Å². The third kappa shape index (κ3) is 3.29. The van der Waals surface area contributed by atoms with Crippen LogP contribution in [0, 0.1) is 5.82 Å². The van der Waals surface area contributed by atoms with Gasteiger partial charge in [-0.3, -0.25) is 10.1 Å². The van der Waals surface area contributed by atoms with Gasteiger partial charge in [0.15, 0.2) is 0 Å². The first kappa shape index (κ1) is 13.0. The van der Waals surface area contributed by atoms with Gasteiger partial charge in [-0.2, -0.15) is 0 Å². The zero-order valence-corrected chi connectivity index (χ0v) is 10.6. The molecule has 0 aromatic heterocycles. The predicted molar refractivity (Wildman–Crippen MR) is 68.6 cm³/mol. The Bertz CT molecular complexity index is 422. The molecule has 98 valence electrons. The number of amides is 1. The summed E-state index contributed by atoms with van der Waals surface area (Å²) in [6, 6.07) is 6.28. The Labute approximate surface area is 107 Å². The van der Waals surface area contributed by atoms with Gasteiger partial charge in [-0.15, -0.1) is 0 Å². The lowest BCUT2D eigenvalue weighted by Gasteiger charge is -2.21.